The van der Waals surface area contributed by atoms with Crippen LogP contribution in [-0.2, 0) is 9.59 Å². The first-order valence-electron chi connectivity index (χ1n) is 6.69. The molecule has 0 amide bonds. The van der Waals surface area contributed by atoms with Gasteiger partial charge >= 0.3 is 11.9 Å². The maximum Gasteiger partial charge on any atom is 0.326 e. The van der Waals surface area contributed by atoms with Gasteiger partial charge in [0.25, 0.3) is 0 Å². The van der Waals surface area contributed by atoms with E-state index in [1.165, 1.54) is 0 Å². The third kappa shape index (κ3) is 3.31. The second-order valence-corrected chi connectivity index (χ2v) is 4.85. The highest BCUT2D eigenvalue weighted by Gasteiger charge is 2.22. The molecule has 2 rings (SSSR count). The van der Waals surface area contributed by atoms with Crippen LogP contribution >= 0.6 is 0 Å². The predicted octanol–water partition coefficient (Wildman–Crippen LogP) is 2.59. The summed E-state index contributed by atoms with van der Waals surface area (Å²) >= 11 is 0. The number of fused-ring (bicyclic) bond motifs is 1. The highest BCUT2D eigenvalue weighted by molar-refractivity contribution is 5.96. The third-order valence-electron chi connectivity index (χ3n) is 3.47. The number of carbonyl (C=O) groups is 2. The molecule has 0 spiro atoms. The molecule has 0 aromatic heterocycles. The van der Waals surface area contributed by atoms with Crippen molar-refractivity contribution in [2.75, 3.05) is 11.4 Å². The molecule has 0 saturated carbocycles. The molecule has 0 fully saturated rings. The standard InChI is InChI=1S/C16H17NO4/c1-11(16(20)21)17(10-9-15(18)19)14-8-4-6-12-5-2-3-7-13(12)14/h2-8,11H,9-10H2,1H3,(H,18,19)(H,20,21). The Balaban J connectivity index is 2.47. The number of nitrogens with zero attached hydrogens (tertiary/aromatic N) is 1. The zero-order chi connectivity index (χ0) is 15.4. The van der Waals surface area contributed by atoms with Crippen LogP contribution in [0.3, 0.4) is 0 Å². The zero-order valence-electron chi connectivity index (χ0n) is 11.7. The van der Waals surface area contributed by atoms with Gasteiger partial charge in [-0.05, 0) is 18.4 Å². The van der Waals surface area contributed by atoms with Gasteiger partial charge in [0.05, 0.1) is 6.42 Å². The topological polar surface area (TPSA) is 77.8 Å². The Morgan fingerprint density at radius 3 is 2.43 bits per heavy atom. The van der Waals surface area contributed by atoms with Gasteiger partial charge in [-0.3, -0.25) is 4.79 Å². The molecule has 0 bridgehead atoms. The van der Waals surface area contributed by atoms with Gasteiger partial charge in [-0.2, -0.15) is 0 Å². The highest BCUT2D eigenvalue weighted by Crippen LogP contribution is 2.28. The van der Waals surface area contributed by atoms with Gasteiger partial charge in [0.15, 0.2) is 0 Å². The molecule has 2 aromatic rings. The fourth-order valence-corrected chi connectivity index (χ4v) is 2.33. The van der Waals surface area contributed by atoms with E-state index in [1.807, 2.05) is 42.5 Å². The van der Waals surface area contributed by atoms with Crippen LogP contribution in [0.15, 0.2) is 42.5 Å². The van der Waals surface area contributed by atoms with Gasteiger partial charge in [0, 0.05) is 17.6 Å². The Hall–Kier alpha value is -2.56. The van der Waals surface area contributed by atoms with E-state index in [0.29, 0.717) is 0 Å². The third-order valence-corrected chi connectivity index (χ3v) is 3.47. The van der Waals surface area contributed by atoms with Gasteiger partial charge in [-0.1, -0.05) is 36.4 Å². The highest BCUT2D eigenvalue weighted by atomic mass is 16.4. The Bertz CT molecular complexity index is 663. The van der Waals surface area contributed by atoms with Crippen molar-refractivity contribution < 1.29 is 19.8 Å². The molecular weight excluding hydrogens is 270 g/mol. The Morgan fingerprint density at radius 1 is 1.10 bits per heavy atom. The number of hydrogen-bond donors (Lipinski definition) is 2. The van der Waals surface area contributed by atoms with Crippen LogP contribution in [0.5, 0.6) is 0 Å². The average molecular weight is 287 g/mol. The van der Waals surface area contributed by atoms with Crippen LogP contribution in [0.1, 0.15) is 13.3 Å². The van der Waals surface area contributed by atoms with E-state index in [-0.39, 0.29) is 13.0 Å². The quantitative estimate of drug-likeness (QED) is 0.854. The molecule has 2 aromatic carbocycles. The minimum absolute atomic E-state index is 0.110. The van der Waals surface area contributed by atoms with E-state index in [2.05, 4.69) is 0 Å². The van der Waals surface area contributed by atoms with Gasteiger partial charge in [-0.15, -0.1) is 0 Å². The van der Waals surface area contributed by atoms with Crippen molar-refractivity contribution in [1.29, 1.82) is 0 Å². The van der Waals surface area contributed by atoms with Crippen molar-refractivity contribution in [3.8, 4) is 0 Å². The molecule has 5 heteroatoms. The molecule has 21 heavy (non-hydrogen) atoms. The van der Waals surface area contributed by atoms with E-state index in [9.17, 15) is 14.7 Å². The van der Waals surface area contributed by atoms with E-state index < -0.39 is 18.0 Å². The van der Waals surface area contributed by atoms with Crippen LogP contribution < -0.4 is 4.90 Å². The summed E-state index contributed by atoms with van der Waals surface area (Å²) < 4.78 is 0. The molecule has 0 saturated heterocycles. The van der Waals surface area contributed by atoms with E-state index >= 15 is 0 Å². The van der Waals surface area contributed by atoms with Crippen molar-refractivity contribution in [3.63, 3.8) is 0 Å². The summed E-state index contributed by atoms with van der Waals surface area (Å²) in [6.45, 7) is 1.71. The smallest absolute Gasteiger partial charge is 0.326 e. The van der Waals surface area contributed by atoms with Crippen molar-refractivity contribution in [2.45, 2.75) is 19.4 Å². The fourth-order valence-electron chi connectivity index (χ4n) is 2.33. The summed E-state index contributed by atoms with van der Waals surface area (Å²) in [5.41, 5.74) is 0.740. The lowest BCUT2D eigenvalue weighted by molar-refractivity contribution is -0.139. The number of carboxylic acid groups (broad SMARTS) is 2. The first kappa shape index (κ1) is 14.8. The van der Waals surface area contributed by atoms with E-state index in [1.54, 1.807) is 11.8 Å². The largest absolute Gasteiger partial charge is 0.481 e. The van der Waals surface area contributed by atoms with Crippen molar-refractivity contribution in [3.05, 3.63) is 42.5 Å². The van der Waals surface area contributed by atoms with Crippen molar-refractivity contribution in [2.24, 2.45) is 0 Å². The summed E-state index contributed by atoms with van der Waals surface area (Å²) in [5, 5.41) is 20.0. The summed E-state index contributed by atoms with van der Waals surface area (Å²) in [6.07, 6.45) is -0.110. The van der Waals surface area contributed by atoms with Crippen molar-refractivity contribution >= 4 is 28.4 Å². The molecule has 0 aliphatic rings. The first-order chi connectivity index (χ1) is 10.0. The normalized spacial score (nSPS) is 12.0. The van der Waals surface area contributed by atoms with Crippen molar-refractivity contribution in [1.82, 2.24) is 0 Å². The Labute approximate surface area is 122 Å². The lowest BCUT2D eigenvalue weighted by Crippen LogP contribution is -2.40. The molecule has 1 unspecified atom stereocenters. The van der Waals surface area contributed by atoms with Crippen LogP contribution in [0, 0.1) is 0 Å². The van der Waals surface area contributed by atoms with Gasteiger partial charge in [0.1, 0.15) is 6.04 Å². The number of anilines is 1. The van der Waals surface area contributed by atoms with Crippen LogP contribution in [0.2, 0.25) is 0 Å². The molecule has 0 aliphatic carbocycles. The molecule has 110 valence electrons. The molecular formula is C16H17NO4. The monoisotopic (exact) mass is 287 g/mol. The SMILES string of the molecule is CC(C(=O)O)N(CCC(=O)O)c1cccc2ccccc12. The molecule has 1 atom stereocenters. The maximum atomic E-state index is 11.3. The van der Waals surface area contributed by atoms with Gasteiger partial charge < -0.3 is 15.1 Å². The first-order valence-corrected chi connectivity index (χ1v) is 6.69. The van der Waals surface area contributed by atoms with Crippen LogP contribution in [0.4, 0.5) is 5.69 Å². The maximum absolute atomic E-state index is 11.3. The lowest BCUT2D eigenvalue weighted by Gasteiger charge is -2.29. The predicted molar refractivity (Wildman–Crippen MR) is 80.6 cm³/mol. The molecule has 2 N–H and O–H groups in total. The summed E-state index contributed by atoms with van der Waals surface area (Å²) in [7, 11) is 0. The van der Waals surface area contributed by atoms with E-state index in [0.717, 1.165) is 16.5 Å². The van der Waals surface area contributed by atoms with Crippen LogP contribution in [-0.4, -0.2) is 34.7 Å². The molecule has 0 heterocycles. The summed E-state index contributed by atoms with van der Waals surface area (Å²) in [4.78, 5) is 23.7. The second-order valence-electron chi connectivity index (χ2n) is 4.85. The number of rotatable bonds is 6. The lowest BCUT2D eigenvalue weighted by atomic mass is 10.1. The summed E-state index contributed by atoms with van der Waals surface area (Å²) in [6, 6.07) is 12.5. The second kappa shape index (κ2) is 6.26. The number of aliphatic carboxylic acids is 2. The molecule has 5 nitrogen and oxygen atoms in total. The average Bonchev–Trinajstić information content (AvgIpc) is 2.47. The summed E-state index contributed by atoms with van der Waals surface area (Å²) in [5.74, 6) is -1.92. The molecule has 0 radical (unpaired) electrons. The van der Waals surface area contributed by atoms with E-state index in [4.69, 9.17) is 5.11 Å². The minimum atomic E-state index is -0.978. The number of benzene rings is 2. The number of carboxylic acids is 2. The Kier molecular flexibility index (Phi) is 4.42. The van der Waals surface area contributed by atoms with Gasteiger partial charge in [-0.25, -0.2) is 4.79 Å². The number of hydrogen-bond acceptors (Lipinski definition) is 3. The zero-order valence-corrected chi connectivity index (χ0v) is 11.7. The molecule has 0 aliphatic heterocycles. The minimum Gasteiger partial charge on any atom is -0.481 e. The Morgan fingerprint density at radius 2 is 1.76 bits per heavy atom. The fraction of sp³-hybridized carbons (Fsp3) is 0.250. The van der Waals surface area contributed by atoms with Crippen LogP contribution in [0.25, 0.3) is 10.8 Å². The van der Waals surface area contributed by atoms with Gasteiger partial charge in [0.2, 0.25) is 0 Å².